The normalized spacial score (nSPS) is 15.2. The fourth-order valence-electron chi connectivity index (χ4n) is 3.06. The van der Waals surface area contributed by atoms with Gasteiger partial charge in [-0.3, -0.25) is 9.59 Å². The number of thiophene rings is 1. The number of carbonyl (C=O) groups excluding carboxylic acids is 2. The third-order valence-corrected chi connectivity index (χ3v) is 8.07. The molecule has 3 rings (SSSR count). The van der Waals surface area contributed by atoms with Gasteiger partial charge in [0.15, 0.2) is 0 Å². The maximum atomic E-state index is 12.8. The summed E-state index contributed by atoms with van der Waals surface area (Å²) in [5, 5.41) is 6.86. The maximum absolute atomic E-state index is 12.8. The Morgan fingerprint density at radius 3 is 2.43 bits per heavy atom. The Hall–Kier alpha value is -1.65. The number of carbonyl (C=O) groups is 2. The maximum Gasteiger partial charge on any atom is 0.252 e. The SMILES string of the molecule is O=C(NCCCC(=O)N1CCN(S(=O)(=O)c2ccc(Cl)c(Cl)c2)CC1)c1ccsc1. The van der Waals surface area contributed by atoms with Crippen molar-refractivity contribution in [3.63, 3.8) is 0 Å². The van der Waals surface area contributed by atoms with E-state index in [1.807, 2.05) is 5.38 Å². The molecule has 1 aliphatic rings. The summed E-state index contributed by atoms with van der Waals surface area (Å²) in [4.78, 5) is 26.0. The summed E-state index contributed by atoms with van der Waals surface area (Å²) in [7, 11) is -3.70. The number of benzene rings is 1. The number of rotatable bonds is 7. The van der Waals surface area contributed by atoms with Crippen LogP contribution in [0.25, 0.3) is 0 Å². The zero-order chi connectivity index (χ0) is 21.7. The van der Waals surface area contributed by atoms with Crippen molar-refractivity contribution >= 4 is 56.4 Å². The molecule has 1 saturated heterocycles. The standard InChI is InChI=1S/C19H21Cl2N3O4S2/c20-16-4-3-15(12-17(16)21)30(27,28)24-9-7-23(8-10-24)18(25)2-1-6-22-19(26)14-5-11-29-13-14/h3-5,11-13H,1-2,6-10H2,(H,22,26). The smallest absolute Gasteiger partial charge is 0.252 e. The highest BCUT2D eigenvalue weighted by Gasteiger charge is 2.30. The third-order valence-electron chi connectivity index (χ3n) is 4.76. The van der Waals surface area contributed by atoms with Gasteiger partial charge in [-0.05, 0) is 36.1 Å². The first-order chi connectivity index (χ1) is 14.3. The first-order valence-electron chi connectivity index (χ1n) is 9.32. The van der Waals surface area contributed by atoms with Crippen LogP contribution in [0.5, 0.6) is 0 Å². The Labute approximate surface area is 189 Å². The fraction of sp³-hybridized carbons (Fsp3) is 0.368. The van der Waals surface area contributed by atoms with Crippen molar-refractivity contribution in [2.45, 2.75) is 17.7 Å². The van der Waals surface area contributed by atoms with Crippen LogP contribution in [0.3, 0.4) is 0 Å². The van der Waals surface area contributed by atoms with Gasteiger partial charge in [-0.15, -0.1) is 0 Å². The van der Waals surface area contributed by atoms with Gasteiger partial charge in [0.2, 0.25) is 15.9 Å². The van der Waals surface area contributed by atoms with Crippen molar-refractivity contribution in [3.8, 4) is 0 Å². The lowest BCUT2D eigenvalue weighted by molar-refractivity contribution is -0.132. The van der Waals surface area contributed by atoms with E-state index in [4.69, 9.17) is 23.2 Å². The van der Waals surface area contributed by atoms with Gasteiger partial charge in [-0.2, -0.15) is 15.6 Å². The van der Waals surface area contributed by atoms with E-state index in [2.05, 4.69) is 5.32 Å². The minimum atomic E-state index is -3.70. The van der Waals surface area contributed by atoms with Gasteiger partial charge >= 0.3 is 0 Å². The second-order valence-corrected chi connectivity index (χ2v) is 10.3. The summed E-state index contributed by atoms with van der Waals surface area (Å²) in [5.74, 6) is -0.198. The van der Waals surface area contributed by atoms with Gasteiger partial charge in [0, 0.05) is 50.1 Å². The number of amides is 2. The van der Waals surface area contributed by atoms with E-state index >= 15 is 0 Å². The van der Waals surface area contributed by atoms with Gasteiger partial charge < -0.3 is 10.2 Å². The van der Waals surface area contributed by atoms with Crippen LogP contribution in [-0.4, -0.2) is 62.2 Å². The van der Waals surface area contributed by atoms with Gasteiger partial charge in [0.1, 0.15) is 0 Å². The second-order valence-electron chi connectivity index (χ2n) is 6.73. The quantitative estimate of drug-likeness (QED) is 0.605. The molecule has 1 N–H and O–H groups in total. The monoisotopic (exact) mass is 489 g/mol. The van der Waals surface area contributed by atoms with Gasteiger partial charge in [-0.1, -0.05) is 23.2 Å². The van der Waals surface area contributed by atoms with Crippen LogP contribution in [0, 0.1) is 0 Å². The Morgan fingerprint density at radius 1 is 1.07 bits per heavy atom. The van der Waals surface area contributed by atoms with Crippen LogP contribution in [0.1, 0.15) is 23.2 Å². The van der Waals surface area contributed by atoms with E-state index in [-0.39, 0.29) is 39.8 Å². The summed E-state index contributed by atoms with van der Waals surface area (Å²) in [6.45, 7) is 1.47. The Bertz CT molecular complexity index is 1000. The fourth-order valence-corrected chi connectivity index (χ4v) is 5.51. The lowest BCUT2D eigenvalue weighted by Crippen LogP contribution is -2.50. The molecule has 7 nitrogen and oxygen atoms in total. The average Bonchev–Trinajstić information content (AvgIpc) is 3.28. The highest BCUT2D eigenvalue weighted by molar-refractivity contribution is 7.89. The van der Waals surface area contributed by atoms with Crippen LogP contribution in [-0.2, 0) is 14.8 Å². The van der Waals surface area contributed by atoms with E-state index in [1.54, 1.807) is 16.3 Å². The van der Waals surface area contributed by atoms with E-state index in [9.17, 15) is 18.0 Å². The predicted octanol–water partition coefficient (Wildman–Crippen LogP) is 3.10. The molecule has 1 aliphatic heterocycles. The van der Waals surface area contributed by atoms with Crippen molar-refractivity contribution in [3.05, 3.63) is 50.6 Å². The predicted molar refractivity (Wildman–Crippen MR) is 118 cm³/mol. The molecule has 2 amide bonds. The molecular formula is C19H21Cl2N3O4S2. The number of hydrogen-bond donors (Lipinski definition) is 1. The number of nitrogens with zero attached hydrogens (tertiary/aromatic N) is 2. The van der Waals surface area contributed by atoms with Crippen molar-refractivity contribution < 1.29 is 18.0 Å². The van der Waals surface area contributed by atoms with E-state index in [0.29, 0.717) is 38.0 Å². The van der Waals surface area contributed by atoms with Crippen molar-refractivity contribution in [2.24, 2.45) is 0 Å². The average molecular weight is 490 g/mol. The third kappa shape index (κ3) is 5.53. The molecule has 30 heavy (non-hydrogen) atoms. The lowest BCUT2D eigenvalue weighted by atomic mass is 10.2. The van der Waals surface area contributed by atoms with E-state index in [0.717, 1.165) is 0 Å². The Balaban J connectivity index is 1.44. The molecule has 0 unspecified atom stereocenters. The summed E-state index contributed by atoms with van der Waals surface area (Å²) < 4.78 is 26.9. The molecule has 0 spiro atoms. The van der Waals surface area contributed by atoms with E-state index < -0.39 is 10.0 Å². The van der Waals surface area contributed by atoms with Crippen LogP contribution < -0.4 is 5.32 Å². The number of sulfonamides is 1. The first kappa shape index (κ1) is 23.0. The zero-order valence-electron chi connectivity index (χ0n) is 16.0. The Morgan fingerprint density at radius 2 is 1.80 bits per heavy atom. The molecule has 0 bridgehead atoms. The topological polar surface area (TPSA) is 86.8 Å². The summed E-state index contributed by atoms with van der Waals surface area (Å²) >= 11 is 13.2. The summed E-state index contributed by atoms with van der Waals surface area (Å²) in [6.07, 6.45) is 0.819. The second kappa shape index (κ2) is 10.1. The van der Waals surface area contributed by atoms with Crippen LogP contribution >= 0.6 is 34.5 Å². The molecule has 162 valence electrons. The van der Waals surface area contributed by atoms with Crippen LogP contribution in [0.15, 0.2) is 39.9 Å². The molecule has 0 aliphatic carbocycles. The van der Waals surface area contributed by atoms with Gasteiger partial charge in [0.05, 0.1) is 14.9 Å². The summed E-state index contributed by atoms with van der Waals surface area (Å²) in [6, 6.07) is 5.96. The number of piperazine rings is 1. The molecule has 0 saturated carbocycles. The molecule has 1 fully saturated rings. The molecular weight excluding hydrogens is 469 g/mol. The first-order valence-corrected chi connectivity index (χ1v) is 12.5. The van der Waals surface area contributed by atoms with Crippen molar-refractivity contribution in [1.82, 2.24) is 14.5 Å². The Kier molecular flexibility index (Phi) is 7.75. The number of hydrogen-bond acceptors (Lipinski definition) is 5. The molecule has 0 atom stereocenters. The molecule has 2 aromatic rings. The minimum absolute atomic E-state index is 0.0497. The molecule has 0 radical (unpaired) electrons. The van der Waals surface area contributed by atoms with Crippen molar-refractivity contribution in [1.29, 1.82) is 0 Å². The highest BCUT2D eigenvalue weighted by atomic mass is 35.5. The lowest BCUT2D eigenvalue weighted by Gasteiger charge is -2.34. The van der Waals surface area contributed by atoms with Gasteiger partial charge in [0.25, 0.3) is 5.91 Å². The summed E-state index contributed by atoms with van der Waals surface area (Å²) in [5.41, 5.74) is 0.616. The molecule has 2 heterocycles. The molecule has 1 aromatic heterocycles. The largest absolute Gasteiger partial charge is 0.352 e. The van der Waals surface area contributed by atoms with Crippen LogP contribution in [0.2, 0.25) is 10.0 Å². The van der Waals surface area contributed by atoms with Crippen LogP contribution in [0.4, 0.5) is 0 Å². The number of halogens is 2. The van der Waals surface area contributed by atoms with Gasteiger partial charge in [-0.25, -0.2) is 8.42 Å². The zero-order valence-corrected chi connectivity index (χ0v) is 19.2. The highest BCUT2D eigenvalue weighted by Crippen LogP contribution is 2.27. The molecule has 11 heteroatoms. The molecule has 1 aromatic carbocycles. The van der Waals surface area contributed by atoms with Crippen molar-refractivity contribution in [2.75, 3.05) is 32.7 Å². The minimum Gasteiger partial charge on any atom is -0.352 e. The van der Waals surface area contributed by atoms with E-state index in [1.165, 1.54) is 33.8 Å². The number of nitrogens with one attached hydrogen (secondary N) is 1.